The Hall–Kier alpha value is -2.36. The smallest absolute Gasteiger partial charge is 0.261 e. The normalized spacial score (nSPS) is 14.8. The van der Waals surface area contributed by atoms with E-state index in [4.69, 9.17) is 0 Å². The summed E-state index contributed by atoms with van der Waals surface area (Å²) >= 11 is 0. The first-order valence-corrected chi connectivity index (χ1v) is 11.1. The Balaban J connectivity index is 1.95. The van der Waals surface area contributed by atoms with E-state index >= 15 is 0 Å². The maximum Gasteiger partial charge on any atom is 0.261 e. The molecular weight excluding hydrogens is 360 g/mol. The van der Waals surface area contributed by atoms with Crippen LogP contribution in [0.5, 0.6) is 0 Å². The molecule has 1 saturated carbocycles. The van der Waals surface area contributed by atoms with Gasteiger partial charge in [-0.3, -0.25) is 9.59 Å². The van der Waals surface area contributed by atoms with Gasteiger partial charge in [0, 0.05) is 29.7 Å². The lowest BCUT2D eigenvalue weighted by Crippen LogP contribution is -2.29. The number of aromatic nitrogens is 1. The first-order valence-electron chi connectivity index (χ1n) is 11.1. The highest BCUT2D eigenvalue weighted by molar-refractivity contribution is 6.05. The summed E-state index contributed by atoms with van der Waals surface area (Å²) in [4.78, 5) is 26.0. The van der Waals surface area contributed by atoms with Gasteiger partial charge in [0.25, 0.3) is 5.91 Å². The minimum Gasteiger partial charge on any atom is -0.348 e. The highest BCUT2D eigenvalue weighted by atomic mass is 16.2. The lowest BCUT2D eigenvalue weighted by atomic mass is 9.89. The van der Waals surface area contributed by atoms with Crippen molar-refractivity contribution in [1.29, 1.82) is 0 Å². The maximum atomic E-state index is 13.2. The summed E-state index contributed by atoms with van der Waals surface area (Å²) in [6.07, 6.45) is 8.02. The highest BCUT2D eigenvalue weighted by Crippen LogP contribution is 2.27. The van der Waals surface area contributed by atoms with Crippen LogP contribution in [0.25, 0.3) is 0 Å². The van der Waals surface area contributed by atoms with Crippen molar-refractivity contribution in [2.45, 2.75) is 79.2 Å². The largest absolute Gasteiger partial charge is 0.348 e. The molecule has 1 heterocycles. The molecule has 29 heavy (non-hydrogen) atoms. The van der Waals surface area contributed by atoms with Gasteiger partial charge in [0.1, 0.15) is 5.56 Å². The summed E-state index contributed by atoms with van der Waals surface area (Å²) < 4.78 is 2.18. The number of amides is 1. The van der Waals surface area contributed by atoms with Gasteiger partial charge in [-0.05, 0) is 56.6 Å². The van der Waals surface area contributed by atoms with Crippen molar-refractivity contribution in [2.24, 2.45) is 5.92 Å². The second kappa shape index (κ2) is 9.43. The number of carbonyl (C=O) groups excluding carboxylic acids is 1. The third-order valence-corrected chi connectivity index (χ3v) is 6.41. The van der Waals surface area contributed by atoms with Crippen molar-refractivity contribution in [2.75, 3.05) is 5.32 Å². The standard InChI is InChI=1S/C25H34N2O2/c1-5-20-13-10-14-21(6-2)24(20)26-25(29)23-18(4)27(17(3)15-22(23)28)16-19-11-8-7-9-12-19/h10,13-15,19H,5-9,11-12,16H2,1-4H3,(H,26,29). The van der Waals surface area contributed by atoms with E-state index in [1.807, 2.05) is 32.0 Å². The quantitative estimate of drug-likeness (QED) is 0.711. The number of aryl methyl sites for hydroxylation is 3. The van der Waals surface area contributed by atoms with E-state index < -0.39 is 0 Å². The predicted molar refractivity (Wildman–Crippen MR) is 120 cm³/mol. The number of anilines is 1. The molecule has 1 aliphatic carbocycles. The van der Waals surface area contributed by atoms with Gasteiger partial charge in [-0.1, -0.05) is 51.3 Å². The number of nitrogens with one attached hydrogen (secondary N) is 1. The predicted octanol–water partition coefficient (Wildman–Crippen LogP) is 5.42. The summed E-state index contributed by atoms with van der Waals surface area (Å²) in [7, 11) is 0. The summed E-state index contributed by atoms with van der Waals surface area (Å²) in [5.41, 5.74) is 4.88. The van der Waals surface area contributed by atoms with Crippen LogP contribution in [-0.2, 0) is 19.4 Å². The van der Waals surface area contributed by atoms with Crippen molar-refractivity contribution >= 4 is 11.6 Å². The Morgan fingerprint density at radius 2 is 1.69 bits per heavy atom. The van der Waals surface area contributed by atoms with Crippen LogP contribution in [0.1, 0.15) is 78.8 Å². The van der Waals surface area contributed by atoms with Gasteiger partial charge in [-0.15, -0.1) is 0 Å². The molecule has 156 valence electrons. The van der Waals surface area contributed by atoms with E-state index in [2.05, 4.69) is 23.7 Å². The Morgan fingerprint density at radius 1 is 1.07 bits per heavy atom. The zero-order valence-corrected chi connectivity index (χ0v) is 18.3. The summed E-state index contributed by atoms with van der Waals surface area (Å²) in [5, 5.41) is 3.08. The molecule has 4 nitrogen and oxygen atoms in total. The number of benzene rings is 1. The number of para-hydroxylation sites is 1. The van der Waals surface area contributed by atoms with E-state index in [9.17, 15) is 9.59 Å². The third kappa shape index (κ3) is 4.63. The number of carbonyl (C=O) groups is 1. The molecule has 0 bridgehead atoms. The van der Waals surface area contributed by atoms with E-state index in [0.29, 0.717) is 5.92 Å². The fraction of sp³-hybridized carbons (Fsp3) is 0.520. The summed E-state index contributed by atoms with van der Waals surface area (Å²) in [6.45, 7) is 8.94. The minimum absolute atomic E-state index is 0.190. The molecule has 1 aromatic carbocycles. The van der Waals surface area contributed by atoms with Gasteiger partial charge < -0.3 is 9.88 Å². The van der Waals surface area contributed by atoms with Crippen molar-refractivity contribution < 1.29 is 4.79 Å². The fourth-order valence-corrected chi connectivity index (χ4v) is 4.68. The van der Waals surface area contributed by atoms with Crippen LogP contribution >= 0.6 is 0 Å². The number of rotatable bonds is 6. The second-order valence-electron chi connectivity index (χ2n) is 8.34. The van der Waals surface area contributed by atoms with Crippen LogP contribution in [0.3, 0.4) is 0 Å². The molecule has 0 radical (unpaired) electrons. The zero-order valence-electron chi connectivity index (χ0n) is 18.3. The number of hydrogen-bond donors (Lipinski definition) is 1. The van der Waals surface area contributed by atoms with Crippen molar-refractivity contribution in [3.05, 3.63) is 62.6 Å². The second-order valence-corrected chi connectivity index (χ2v) is 8.34. The molecule has 3 rings (SSSR count). The van der Waals surface area contributed by atoms with Gasteiger partial charge in [-0.2, -0.15) is 0 Å². The van der Waals surface area contributed by atoms with E-state index in [0.717, 1.165) is 47.6 Å². The van der Waals surface area contributed by atoms with Crippen LogP contribution in [-0.4, -0.2) is 10.5 Å². The third-order valence-electron chi connectivity index (χ3n) is 6.41. The Labute approximate surface area is 174 Å². The zero-order chi connectivity index (χ0) is 21.0. The first kappa shape index (κ1) is 21.4. The van der Waals surface area contributed by atoms with Crippen LogP contribution in [0, 0.1) is 19.8 Å². The number of nitrogens with zero attached hydrogens (tertiary/aromatic N) is 1. The Kier molecular flexibility index (Phi) is 6.94. The molecule has 1 fully saturated rings. The molecule has 1 amide bonds. The van der Waals surface area contributed by atoms with Crippen LogP contribution < -0.4 is 10.7 Å². The van der Waals surface area contributed by atoms with E-state index in [1.165, 1.54) is 32.1 Å². The van der Waals surface area contributed by atoms with Gasteiger partial charge in [-0.25, -0.2) is 0 Å². The van der Waals surface area contributed by atoms with E-state index in [1.54, 1.807) is 6.07 Å². The molecule has 1 aromatic heterocycles. The molecular formula is C25H34N2O2. The molecule has 0 atom stereocenters. The molecule has 2 aromatic rings. The SMILES string of the molecule is CCc1cccc(CC)c1NC(=O)c1c(C)n(CC2CCCCC2)c(C)cc1=O. The van der Waals surface area contributed by atoms with Crippen LogP contribution in [0.2, 0.25) is 0 Å². The molecule has 0 spiro atoms. The van der Waals surface area contributed by atoms with Crippen LogP contribution in [0.4, 0.5) is 5.69 Å². The van der Waals surface area contributed by atoms with Gasteiger partial charge in [0.05, 0.1) is 0 Å². The molecule has 1 N–H and O–H groups in total. The summed E-state index contributed by atoms with van der Waals surface area (Å²) in [6, 6.07) is 7.73. The van der Waals surface area contributed by atoms with Crippen LogP contribution in [0.15, 0.2) is 29.1 Å². The average Bonchev–Trinajstić information content (AvgIpc) is 2.71. The lowest BCUT2D eigenvalue weighted by molar-refractivity contribution is 0.102. The highest BCUT2D eigenvalue weighted by Gasteiger charge is 2.21. The molecule has 4 heteroatoms. The molecule has 1 aliphatic rings. The fourth-order valence-electron chi connectivity index (χ4n) is 4.68. The topological polar surface area (TPSA) is 51.1 Å². The number of hydrogen-bond acceptors (Lipinski definition) is 2. The van der Waals surface area contributed by atoms with Gasteiger partial charge >= 0.3 is 0 Å². The first-order chi connectivity index (χ1) is 14.0. The van der Waals surface area contributed by atoms with Crippen molar-refractivity contribution in [3.63, 3.8) is 0 Å². The average molecular weight is 395 g/mol. The van der Waals surface area contributed by atoms with E-state index in [-0.39, 0.29) is 16.9 Å². The van der Waals surface area contributed by atoms with Crippen molar-refractivity contribution in [1.82, 2.24) is 4.57 Å². The van der Waals surface area contributed by atoms with Gasteiger partial charge in [0.2, 0.25) is 0 Å². The molecule has 0 aliphatic heterocycles. The summed E-state index contributed by atoms with van der Waals surface area (Å²) in [5.74, 6) is 0.340. The Bertz CT molecular complexity index is 914. The molecule has 0 unspecified atom stereocenters. The minimum atomic E-state index is -0.291. The monoisotopic (exact) mass is 394 g/mol. The van der Waals surface area contributed by atoms with Gasteiger partial charge in [0.15, 0.2) is 5.43 Å². The Morgan fingerprint density at radius 3 is 2.28 bits per heavy atom. The lowest BCUT2D eigenvalue weighted by Gasteiger charge is -2.26. The maximum absolute atomic E-state index is 13.2. The van der Waals surface area contributed by atoms with Crippen molar-refractivity contribution in [3.8, 4) is 0 Å². The molecule has 0 saturated heterocycles. The number of pyridine rings is 1.